The van der Waals surface area contributed by atoms with Crippen molar-refractivity contribution >= 4 is 34.3 Å². The molecule has 18 heavy (non-hydrogen) atoms. The minimum atomic E-state index is 0.0452. The number of carbonyl (C=O) groups excluding carboxylic acids is 2. The Hall–Kier alpha value is -1.56. The second-order valence-corrected chi connectivity index (χ2v) is 5.48. The fraction of sp³-hybridized carbons (Fsp3) is 0.417. The summed E-state index contributed by atoms with van der Waals surface area (Å²) in [4.78, 5) is 28.5. The Labute approximate surface area is 110 Å². The lowest BCUT2D eigenvalue weighted by Gasteiger charge is -2.17. The average Bonchev–Trinajstić information content (AvgIpc) is 2.69. The van der Waals surface area contributed by atoms with Gasteiger partial charge in [0.2, 0.25) is 5.91 Å². The molecule has 1 fully saturated rings. The largest absolute Gasteiger partial charge is 0.382 e. The van der Waals surface area contributed by atoms with Gasteiger partial charge in [-0.05, 0) is 18.1 Å². The van der Waals surface area contributed by atoms with Crippen LogP contribution in [0.2, 0.25) is 0 Å². The van der Waals surface area contributed by atoms with E-state index in [1.165, 1.54) is 18.7 Å². The van der Waals surface area contributed by atoms with Crippen molar-refractivity contribution in [2.75, 3.05) is 22.9 Å². The lowest BCUT2D eigenvalue weighted by atomic mass is 10.1. The molecule has 5 nitrogen and oxygen atoms in total. The number of aromatic nitrogens is 1. The number of carbonyl (C=O) groups is 2. The Balaban J connectivity index is 2.06. The van der Waals surface area contributed by atoms with Crippen LogP contribution in [-0.2, 0) is 9.59 Å². The number of pyridine rings is 1. The highest BCUT2D eigenvalue weighted by Crippen LogP contribution is 2.29. The minimum Gasteiger partial charge on any atom is -0.382 e. The molecule has 2 heterocycles. The third-order valence-electron chi connectivity index (χ3n) is 2.83. The third-order valence-corrected chi connectivity index (χ3v) is 3.88. The number of hydrogen-bond donors (Lipinski definition) is 1. The van der Waals surface area contributed by atoms with E-state index in [9.17, 15) is 9.59 Å². The molecule has 2 rings (SSSR count). The lowest BCUT2D eigenvalue weighted by molar-refractivity contribution is -0.117. The normalized spacial score (nSPS) is 19.3. The number of nitrogen functional groups attached to an aromatic ring is 1. The fourth-order valence-corrected chi connectivity index (χ4v) is 2.69. The second kappa shape index (κ2) is 5.39. The van der Waals surface area contributed by atoms with E-state index < -0.39 is 0 Å². The molecule has 0 saturated carbocycles. The standard InChI is InChI=1S/C12H15N3O2S/c1-8(16)18-7-9-5-11(17)15(6-9)10-3-2-4-14-12(10)13/h2-4,9H,5-7H2,1H3,(H2,13,14). The molecule has 1 atom stereocenters. The van der Waals surface area contributed by atoms with Gasteiger partial charge in [-0.25, -0.2) is 4.98 Å². The molecule has 0 aromatic carbocycles. The van der Waals surface area contributed by atoms with Crippen molar-refractivity contribution in [2.45, 2.75) is 13.3 Å². The van der Waals surface area contributed by atoms with Gasteiger partial charge in [0.1, 0.15) is 5.82 Å². The Kier molecular flexibility index (Phi) is 3.86. The number of rotatable bonds is 3. The molecule has 1 aromatic heterocycles. The molecule has 1 aliphatic heterocycles. The van der Waals surface area contributed by atoms with Crippen molar-refractivity contribution < 1.29 is 9.59 Å². The average molecular weight is 265 g/mol. The summed E-state index contributed by atoms with van der Waals surface area (Å²) >= 11 is 1.27. The summed E-state index contributed by atoms with van der Waals surface area (Å²) in [5.74, 6) is 1.29. The predicted molar refractivity (Wildman–Crippen MR) is 72.2 cm³/mol. The van der Waals surface area contributed by atoms with E-state index in [2.05, 4.69) is 4.98 Å². The summed E-state index contributed by atoms with van der Waals surface area (Å²) in [5.41, 5.74) is 6.43. The van der Waals surface area contributed by atoms with E-state index >= 15 is 0 Å². The summed E-state index contributed by atoms with van der Waals surface area (Å²) in [6.45, 7) is 2.15. The van der Waals surface area contributed by atoms with Crippen LogP contribution >= 0.6 is 11.8 Å². The number of thioether (sulfide) groups is 1. The van der Waals surface area contributed by atoms with Crippen molar-refractivity contribution in [3.8, 4) is 0 Å². The fourth-order valence-electron chi connectivity index (χ4n) is 2.00. The summed E-state index contributed by atoms with van der Waals surface area (Å²) in [6, 6.07) is 3.55. The zero-order valence-electron chi connectivity index (χ0n) is 10.1. The van der Waals surface area contributed by atoms with Crippen LogP contribution < -0.4 is 10.6 Å². The molecule has 0 spiro atoms. The van der Waals surface area contributed by atoms with Crippen LogP contribution in [0.3, 0.4) is 0 Å². The molecule has 1 aromatic rings. The van der Waals surface area contributed by atoms with Crippen LogP contribution in [0.15, 0.2) is 18.3 Å². The van der Waals surface area contributed by atoms with Crippen molar-refractivity contribution in [1.82, 2.24) is 4.98 Å². The Morgan fingerprint density at radius 3 is 3.11 bits per heavy atom. The predicted octanol–water partition coefficient (Wildman–Crippen LogP) is 1.30. The SMILES string of the molecule is CC(=O)SCC1CC(=O)N(c2cccnc2N)C1. The Morgan fingerprint density at radius 2 is 2.44 bits per heavy atom. The monoisotopic (exact) mass is 265 g/mol. The van der Waals surface area contributed by atoms with Crippen LogP contribution in [0.1, 0.15) is 13.3 Å². The lowest BCUT2D eigenvalue weighted by Crippen LogP contribution is -2.26. The van der Waals surface area contributed by atoms with E-state index in [1.807, 2.05) is 0 Å². The molecule has 1 saturated heterocycles. The summed E-state index contributed by atoms with van der Waals surface area (Å²) in [5, 5.41) is 0.0850. The molecule has 1 unspecified atom stereocenters. The van der Waals surface area contributed by atoms with E-state index in [0.29, 0.717) is 30.2 Å². The number of nitrogens with two attached hydrogens (primary N) is 1. The zero-order valence-corrected chi connectivity index (χ0v) is 10.9. The molecule has 0 radical (unpaired) electrons. The highest BCUT2D eigenvalue weighted by atomic mass is 32.2. The Morgan fingerprint density at radius 1 is 1.67 bits per heavy atom. The molecule has 0 aliphatic carbocycles. The van der Waals surface area contributed by atoms with Crippen molar-refractivity contribution in [3.05, 3.63) is 18.3 Å². The van der Waals surface area contributed by atoms with Crippen molar-refractivity contribution in [2.24, 2.45) is 5.92 Å². The molecule has 1 aliphatic rings. The van der Waals surface area contributed by atoms with Gasteiger partial charge in [-0.1, -0.05) is 11.8 Å². The van der Waals surface area contributed by atoms with Gasteiger partial charge in [-0.2, -0.15) is 0 Å². The van der Waals surface area contributed by atoms with Gasteiger partial charge < -0.3 is 10.6 Å². The highest BCUT2D eigenvalue weighted by molar-refractivity contribution is 8.13. The summed E-state index contributed by atoms with van der Waals surface area (Å²) < 4.78 is 0. The minimum absolute atomic E-state index is 0.0452. The summed E-state index contributed by atoms with van der Waals surface area (Å²) in [6.07, 6.45) is 2.07. The zero-order chi connectivity index (χ0) is 13.1. The van der Waals surface area contributed by atoms with Crippen LogP contribution in [0, 0.1) is 5.92 Å². The number of hydrogen-bond acceptors (Lipinski definition) is 5. The molecule has 96 valence electrons. The van der Waals surface area contributed by atoms with Gasteiger partial charge in [0.05, 0.1) is 5.69 Å². The molecule has 0 bridgehead atoms. The smallest absolute Gasteiger partial charge is 0.227 e. The third kappa shape index (κ3) is 2.81. The van der Waals surface area contributed by atoms with Gasteiger partial charge in [0.15, 0.2) is 5.12 Å². The highest BCUT2D eigenvalue weighted by Gasteiger charge is 2.31. The van der Waals surface area contributed by atoms with Crippen LogP contribution in [0.5, 0.6) is 0 Å². The van der Waals surface area contributed by atoms with Crippen LogP contribution in [0.25, 0.3) is 0 Å². The van der Waals surface area contributed by atoms with Crippen molar-refractivity contribution in [3.63, 3.8) is 0 Å². The number of amides is 1. The van der Waals surface area contributed by atoms with Gasteiger partial charge in [-0.15, -0.1) is 0 Å². The summed E-state index contributed by atoms with van der Waals surface area (Å²) in [7, 11) is 0. The van der Waals surface area contributed by atoms with Crippen molar-refractivity contribution in [1.29, 1.82) is 0 Å². The van der Waals surface area contributed by atoms with Crippen LogP contribution in [0.4, 0.5) is 11.5 Å². The number of anilines is 2. The molecular weight excluding hydrogens is 250 g/mol. The quantitative estimate of drug-likeness (QED) is 0.891. The molecule has 6 heteroatoms. The van der Waals surface area contributed by atoms with E-state index in [-0.39, 0.29) is 16.9 Å². The molecule has 1 amide bonds. The van der Waals surface area contributed by atoms with Gasteiger partial charge >= 0.3 is 0 Å². The first-order valence-corrected chi connectivity index (χ1v) is 6.70. The van der Waals surface area contributed by atoms with Gasteiger partial charge in [-0.3, -0.25) is 9.59 Å². The molecular formula is C12H15N3O2S. The first-order chi connectivity index (χ1) is 8.58. The second-order valence-electron chi connectivity index (χ2n) is 4.28. The maximum atomic E-state index is 11.9. The maximum Gasteiger partial charge on any atom is 0.227 e. The van der Waals surface area contributed by atoms with Gasteiger partial charge in [0, 0.05) is 31.8 Å². The van der Waals surface area contributed by atoms with E-state index in [0.717, 1.165) is 0 Å². The first kappa shape index (κ1) is 12.9. The van der Waals surface area contributed by atoms with E-state index in [1.54, 1.807) is 23.2 Å². The number of nitrogens with zero attached hydrogens (tertiary/aromatic N) is 2. The first-order valence-electron chi connectivity index (χ1n) is 5.72. The molecule has 2 N–H and O–H groups in total. The Bertz CT molecular complexity index is 478. The van der Waals surface area contributed by atoms with E-state index in [4.69, 9.17) is 5.73 Å². The maximum absolute atomic E-state index is 11.9. The van der Waals surface area contributed by atoms with Gasteiger partial charge in [0.25, 0.3) is 0 Å². The van der Waals surface area contributed by atoms with Crippen LogP contribution in [-0.4, -0.2) is 28.3 Å². The topological polar surface area (TPSA) is 76.3 Å².